The minimum absolute atomic E-state index is 0.0373. The van der Waals surface area contributed by atoms with Crippen LogP contribution in [0.25, 0.3) is 0 Å². The highest BCUT2D eigenvalue weighted by molar-refractivity contribution is 6.89. The average molecular weight is 237 g/mol. The number of methoxy groups -OCH3 is 1. The van der Waals surface area contributed by atoms with Crippen LogP contribution in [0.5, 0.6) is 5.75 Å². The highest BCUT2D eigenvalue weighted by Gasteiger charge is 2.21. The molecule has 1 N–H and O–H groups in total. The van der Waals surface area contributed by atoms with Gasteiger partial charge in [-0.1, -0.05) is 19.6 Å². The van der Waals surface area contributed by atoms with Crippen molar-refractivity contribution in [2.75, 3.05) is 12.4 Å². The Morgan fingerprint density at radius 1 is 1.31 bits per heavy atom. The molecule has 4 heteroatoms. The molecule has 0 atom stereocenters. The number of ether oxygens (including phenoxy) is 1. The molecule has 1 amide bonds. The summed E-state index contributed by atoms with van der Waals surface area (Å²) in [6.45, 7) is 8.26. The minimum atomic E-state index is -1.49. The fourth-order valence-corrected chi connectivity index (χ4v) is 3.10. The molecule has 0 unspecified atom stereocenters. The number of rotatable bonds is 3. The zero-order valence-electron chi connectivity index (χ0n) is 10.5. The number of hydrogen-bond acceptors (Lipinski definition) is 2. The summed E-state index contributed by atoms with van der Waals surface area (Å²) >= 11 is 0. The quantitative estimate of drug-likeness (QED) is 0.818. The first-order valence-electron chi connectivity index (χ1n) is 5.30. The Morgan fingerprint density at radius 2 is 1.94 bits per heavy atom. The van der Waals surface area contributed by atoms with E-state index in [1.165, 1.54) is 12.1 Å². The van der Waals surface area contributed by atoms with E-state index < -0.39 is 8.07 Å². The molecule has 1 rings (SSSR count). The van der Waals surface area contributed by atoms with Crippen molar-refractivity contribution >= 4 is 24.9 Å². The standard InChI is InChI=1S/C12H19NO2Si/c1-9(14)13-11-7-6-10(15-2)8-12(11)16(3,4)5/h6-8H,1-5H3,(H,13,14). The third kappa shape index (κ3) is 3.10. The normalized spacial score (nSPS) is 11.1. The predicted molar refractivity (Wildman–Crippen MR) is 70.3 cm³/mol. The molecule has 0 fully saturated rings. The molecule has 0 aliphatic rings. The number of carbonyl (C=O) groups is 1. The fourth-order valence-electron chi connectivity index (χ4n) is 1.57. The van der Waals surface area contributed by atoms with Crippen LogP contribution in [0.4, 0.5) is 5.69 Å². The molecule has 0 bridgehead atoms. The second-order valence-corrected chi connectivity index (χ2v) is 9.88. The van der Waals surface area contributed by atoms with Gasteiger partial charge >= 0.3 is 0 Å². The summed E-state index contributed by atoms with van der Waals surface area (Å²) in [6, 6.07) is 5.81. The summed E-state index contributed by atoms with van der Waals surface area (Å²) in [4.78, 5) is 11.1. The highest BCUT2D eigenvalue weighted by Crippen LogP contribution is 2.18. The summed E-state index contributed by atoms with van der Waals surface area (Å²) in [5.74, 6) is 0.802. The van der Waals surface area contributed by atoms with E-state index in [0.717, 1.165) is 11.4 Å². The highest BCUT2D eigenvalue weighted by atomic mass is 28.3. The monoisotopic (exact) mass is 237 g/mol. The molecule has 1 aromatic carbocycles. The molecule has 0 saturated heterocycles. The van der Waals surface area contributed by atoms with Crippen LogP contribution in [0, 0.1) is 0 Å². The Kier molecular flexibility index (Phi) is 3.75. The van der Waals surface area contributed by atoms with Gasteiger partial charge in [0.05, 0.1) is 15.2 Å². The van der Waals surface area contributed by atoms with Crippen molar-refractivity contribution < 1.29 is 9.53 Å². The molecule has 0 radical (unpaired) electrons. The van der Waals surface area contributed by atoms with E-state index in [1.807, 2.05) is 18.2 Å². The van der Waals surface area contributed by atoms with Crippen LogP contribution in [0.15, 0.2) is 18.2 Å². The lowest BCUT2D eigenvalue weighted by Crippen LogP contribution is -2.39. The molecule has 0 spiro atoms. The third-order valence-corrected chi connectivity index (χ3v) is 4.38. The van der Waals surface area contributed by atoms with Gasteiger partial charge in [0, 0.05) is 12.6 Å². The largest absolute Gasteiger partial charge is 0.497 e. The van der Waals surface area contributed by atoms with Crippen LogP contribution < -0.4 is 15.2 Å². The number of carbonyl (C=O) groups excluding carboxylic acids is 1. The average Bonchev–Trinajstić information content (AvgIpc) is 2.15. The van der Waals surface area contributed by atoms with Crippen molar-refractivity contribution in [3.05, 3.63) is 18.2 Å². The van der Waals surface area contributed by atoms with Crippen molar-refractivity contribution in [3.8, 4) is 5.75 Å². The van der Waals surface area contributed by atoms with Crippen LogP contribution in [-0.2, 0) is 4.79 Å². The van der Waals surface area contributed by atoms with Crippen molar-refractivity contribution in [1.82, 2.24) is 0 Å². The van der Waals surface area contributed by atoms with E-state index in [1.54, 1.807) is 7.11 Å². The molecule has 1 aromatic rings. The van der Waals surface area contributed by atoms with Gasteiger partial charge in [0.2, 0.25) is 5.91 Å². The Labute approximate surface area is 97.8 Å². The SMILES string of the molecule is COc1ccc(NC(C)=O)c([Si](C)(C)C)c1. The van der Waals surface area contributed by atoms with Gasteiger partial charge in [-0.2, -0.15) is 0 Å². The number of amides is 1. The molecule has 3 nitrogen and oxygen atoms in total. The van der Waals surface area contributed by atoms with E-state index in [2.05, 4.69) is 25.0 Å². The minimum Gasteiger partial charge on any atom is -0.497 e. The molecular formula is C12H19NO2Si. The summed E-state index contributed by atoms with van der Waals surface area (Å²) in [7, 11) is 0.167. The zero-order chi connectivity index (χ0) is 12.3. The molecule has 0 aliphatic carbocycles. The molecular weight excluding hydrogens is 218 g/mol. The lowest BCUT2D eigenvalue weighted by atomic mass is 10.3. The fraction of sp³-hybridized carbons (Fsp3) is 0.417. The van der Waals surface area contributed by atoms with E-state index >= 15 is 0 Å². The van der Waals surface area contributed by atoms with Gasteiger partial charge in [-0.3, -0.25) is 4.79 Å². The van der Waals surface area contributed by atoms with E-state index in [9.17, 15) is 4.79 Å². The van der Waals surface area contributed by atoms with E-state index in [4.69, 9.17) is 4.74 Å². The topological polar surface area (TPSA) is 38.3 Å². The maximum Gasteiger partial charge on any atom is 0.221 e. The van der Waals surface area contributed by atoms with Gasteiger partial charge in [0.1, 0.15) is 5.75 Å². The van der Waals surface area contributed by atoms with Gasteiger partial charge in [0.15, 0.2) is 0 Å². The Bertz CT molecular complexity index is 396. The third-order valence-electron chi connectivity index (χ3n) is 2.35. The summed E-state index contributed by atoms with van der Waals surface area (Å²) < 4.78 is 5.22. The molecule has 0 aromatic heterocycles. The van der Waals surface area contributed by atoms with E-state index in [-0.39, 0.29) is 5.91 Å². The number of anilines is 1. The maximum absolute atomic E-state index is 11.1. The van der Waals surface area contributed by atoms with Crippen LogP contribution >= 0.6 is 0 Å². The first-order valence-corrected chi connectivity index (χ1v) is 8.80. The predicted octanol–water partition coefficient (Wildman–Crippen LogP) is 2.20. The number of benzene rings is 1. The summed E-state index contributed by atoms with van der Waals surface area (Å²) in [5, 5.41) is 4.08. The van der Waals surface area contributed by atoms with Crippen LogP contribution in [0.3, 0.4) is 0 Å². The number of hydrogen-bond donors (Lipinski definition) is 1. The molecule has 16 heavy (non-hydrogen) atoms. The van der Waals surface area contributed by atoms with Crippen LogP contribution in [0.1, 0.15) is 6.92 Å². The van der Waals surface area contributed by atoms with Gasteiger partial charge < -0.3 is 10.1 Å². The second kappa shape index (κ2) is 4.70. The van der Waals surface area contributed by atoms with Crippen molar-refractivity contribution in [3.63, 3.8) is 0 Å². The molecule has 0 saturated carbocycles. The van der Waals surface area contributed by atoms with Gasteiger partial charge in [-0.15, -0.1) is 0 Å². The van der Waals surface area contributed by atoms with E-state index in [0.29, 0.717) is 0 Å². The number of nitrogens with one attached hydrogen (secondary N) is 1. The van der Waals surface area contributed by atoms with Crippen molar-refractivity contribution in [2.24, 2.45) is 0 Å². The van der Waals surface area contributed by atoms with Gasteiger partial charge in [0.25, 0.3) is 0 Å². The van der Waals surface area contributed by atoms with Crippen LogP contribution in [-0.4, -0.2) is 21.1 Å². The maximum atomic E-state index is 11.1. The molecule has 0 heterocycles. The van der Waals surface area contributed by atoms with Gasteiger partial charge in [-0.05, 0) is 23.4 Å². The Morgan fingerprint density at radius 3 is 2.38 bits per heavy atom. The first-order chi connectivity index (χ1) is 7.34. The first kappa shape index (κ1) is 12.8. The Balaban J connectivity index is 3.22. The van der Waals surface area contributed by atoms with Crippen molar-refractivity contribution in [1.29, 1.82) is 0 Å². The molecule has 0 aliphatic heterocycles. The van der Waals surface area contributed by atoms with Gasteiger partial charge in [-0.25, -0.2) is 0 Å². The smallest absolute Gasteiger partial charge is 0.221 e. The lowest BCUT2D eigenvalue weighted by molar-refractivity contribution is -0.114. The summed E-state index contributed by atoms with van der Waals surface area (Å²) in [5.41, 5.74) is 0.910. The zero-order valence-corrected chi connectivity index (χ0v) is 11.5. The molecule has 88 valence electrons. The second-order valence-electron chi connectivity index (χ2n) is 4.84. The Hall–Kier alpha value is -1.29. The van der Waals surface area contributed by atoms with Crippen LogP contribution in [0.2, 0.25) is 19.6 Å². The summed E-state index contributed by atoms with van der Waals surface area (Å²) in [6.07, 6.45) is 0. The lowest BCUT2D eigenvalue weighted by Gasteiger charge is -2.21. The van der Waals surface area contributed by atoms with Crippen molar-refractivity contribution in [2.45, 2.75) is 26.6 Å².